The predicted molar refractivity (Wildman–Crippen MR) is 155 cm³/mol. The van der Waals surface area contributed by atoms with Gasteiger partial charge in [0.1, 0.15) is 0 Å². The number of halogens is 1. The smallest absolute Gasteiger partial charge is 0.263 e. The number of nitrogens with zero attached hydrogens (tertiary/aromatic N) is 3. The molecule has 0 saturated carbocycles. The van der Waals surface area contributed by atoms with Crippen molar-refractivity contribution in [3.63, 3.8) is 0 Å². The zero-order valence-electron chi connectivity index (χ0n) is 22.3. The highest BCUT2D eigenvalue weighted by Gasteiger charge is 2.33. The molecule has 3 aromatic rings. The quantitative estimate of drug-likeness (QED) is 0.316. The largest absolute Gasteiger partial charge is 0.338 e. The van der Waals surface area contributed by atoms with Crippen LogP contribution in [-0.2, 0) is 21.4 Å². The molecule has 1 aromatic heterocycles. The Morgan fingerprint density at radius 3 is 2.28 bits per heavy atom. The van der Waals surface area contributed by atoms with Crippen LogP contribution in [0.5, 0.6) is 0 Å². The summed E-state index contributed by atoms with van der Waals surface area (Å²) in [6, 6.07) is 17.6. The Bertz CT molecular complexity index is 1350. The summed E-state index contributed by atoms with van der Waals surface area (Å²) >= 11 is 7.50. The number of thiophene rings is 1. The Labute approximate surface area is 240 Å². The van der Waals surface area contributed by atoms with Crippen LogP contribution in [0.1, 0.15) is 47.0 Å². The lowest BCUT2D eigenvalue weighted by Gasteiger charge is -2.39. The highest BCUT2D eigenvalue weighted by atomic mass is 35.5. The van der Waals surface area contributed by atoms with Gasteiger partial charge in [0.05, 0.1) is 16.3 Å². The van der Waals surface area contributed by atoms with Crippen molar-refractivity contribution in [2.75, 3.05) is 26.2 Å². The van der Waals surface area contributed by atoms with Crippen molar-refractivity contribution in [2.24, 2.45) is 0 Å². The Kier molecular flexibility index (Phi) is 9.82. The first-order valence-electron chi connectivity index (χ1n) is 13.1. The molecule has 1 aliphatic rings. The van der Waals surface area contributed by atoms with Crippen molar-refractivity contribution in [3.05, 3.63) is 87.1 Å². The normalized spacial score (nSPS) is 14.5. The van der Waals surface area contributed by atoms with Gasteiger partial charge in [-0.1, -0.05) is 54.4 Å². The lowest BCUT2D eigenvalue weighted by molar-refractivity contribution is -0.135. The van der Waals surface area contributed by atoms with Gasteiger partial charge in [0.15, 0.2) is 0 Å². The van der Waals surface area contributed by atoms with E-state index in [0.29, 0.717) is 48.8 Å². The second-order valence-corrected chi connectivity index (χ2v) is 13.1. The predicted octanol–water partition coefficient (Wildman–Crippen LogP) is 5.44. The third-order valence-electron chi connectivity index (χ3n) is 6.95. The van der Waals surface area contributed by atoms with Gasteiger partial charge >= 0.3 is 0 Å². The second-order valence-electron chi connectivity index (χ2n) is 9.80. The molecule has 1 aliphatic heterocycles. The van der Waals surface area contributed by atoms with Crippen LogP contribution in [0.25, 0.3) is 0 Å². The highest BCUT2D eigenvalue weighted by Crippen LogP contribution is 2.24. The fraction of sp³-hybridized carbons (Fsp3) is 0.379. The minimum absolute atomic E-state index is 0.0114. The molecular weight excluding hydrogens is 554 g/mol. The van der Waals surface area contributed by atoms with Gasteiger partial charge in [0, 0.05) is 37.2 Å². The first-order chi connectivity index (χ1) is 18.7. The molecule has 0 N–H and O–H groups in total. The van der Waals surface area contributed by atoms with E-state index >= 15 is 0 Å². The first kappa shape index (κ1) is 29.3. The molecule has 7 nitrogen and oxygen atoms in total. The molecular formula is C29H34ClN3O4S2. The summed E-state index contributed by atoms with van der Waals surface area (Å²) in [5.74, 6) is -0.241. The van der Waals surface area contributed by atoms with Gasteiger partial charge in [0.25, 0.3) is 5.91 Å². The number of carbonyl (C=O) groups is 2. The van der Waals surface area contributed by atoms with Gasteiger partial charge in [-0.3, -0.25) is 9.59 Å². The van der Waals surface area contributed by atoms with Gasteiger partial charge in [0.2, 0.25) is 15.9 Å². The summed E-state index contributed by atoms with van der Waals surface area (Å²) in [7, 11) is -3.85. The average molecular weight is 588 g/mol. The summed E-state index contributed by atoms with van der Waals surface area (Å²) < 4.78 is 28.3. The number of amides is 2. The molecule has 4 rings (SSSR count). The van der Waals surface area contributed by atoms with Crippen molar-refractivity contribution < 1.29 is 18.0 Å². The third kappa shape index (κ3) is 7.28. The minimum Gasteiger partial charge on any atom is -0.338 e. The maximum Gasteiger partial charge on any atom is 0.263 e. The van der Waals surface area contributed by atoms with Crippen LogP contribution in [0.15, 0.2) is 70.9 Å². The van der Waals surface area contributed by atoms with E-state index in [1.807, 2.05) is 48.4 Å². The molecule has 0 bridgehead atoms. The zero-order valence-corrected chi connectivity index (χ0v) is 24.6. The van der Waals surface area contributed by atoms with Crippen molar-refractivity contribution in [1.29, 1.82) is 0 Å². The number of aryl methyl sites for hydroxylation is 1. The molecule has 1 saturated heterocycles. The van der Waals surface area contributed by atoms with Crippen molar-refractivity contribution >= 4 is 44.8 Å². The number of hydrogen-bond donors (Lipinski definition) is 0. The highest BCUT2D eigenvalue weighted by molar-refractivity contribution is 7.89. The van der Waals surface area contributed by atoms with Gasteiger partial charge < -0.3 is 9.80 Å². The number of rotatable bonds is 10. The van der Waals surface area contributed by atoms with Gasteiger partial charge in [-0.25, -0.2) is 8.42 Å². The van der Waals surface area contributed by atoms with E-state index in [-0.39, 0.29) is 35.8 Å². The van der Waals surface area contributed by atoms with E-state index in [2.05, 4.69) is 0 Å². The summed E-state index contributed by atoms with van der Waals surface area (Å²) in [5.41, 5.74) is 1.87. The maximum atomic E-state index is 13.8. The molecule has 0 radical (unpaired) electrons. The molecule has 2 amide bonds. The molecule has 0 spiro atoms. The molecule has 0 aliphatic carbocycles. The topological polar surface area (TPSA) is 78.0 Å². The lowest BCUT2D eigenvalue weighted by atomic mass is 10.0. The van der Waals surface area contributed by atoms with Crippen LogP contribution in [0.3, 0.4) is 0 Å². The number of sulfonamides is 1. The van der Waals surface area contributed by atoms with E-state index in [1.165, 1.54) is 15.6 Å². The van der Waals surface area contributed by atoms with E-state index in [4.69, 9.17) is 11.6 Å². The van der Waals surface area contributed by atoms with Gasteiger partial charge in [-0.2, -0.15) is 4.31 Å². The minimum atomic E-state index is -3.85. The van der Waals surface area contributed by atoms with E-state index < -0.39 is 10.0 Å². The fourth-order valence-electron chi connectivity index (χ4n) is 4.78. The fourth-order valence-corrected chi connectivity index (χ4v) is 7.08. The van der Waals surface area contributed by atoms with E-state index in [9.17, 15) is 18.0 Å². The van der Waals surface area contributed by atoms with Gasteiger partial charge in [-0.05, 0) is 67.5 Å². The lowest BCUT2D eigenvalue weighted by Crippen LogP contribution is -2.51. The van der Waals surface area contributed by atoms with Crippen LogP contribution >= 0.6 is 22.9 Å². The van der Waals surface area contributed by atoms with Crippen LogP contribution in [0, 0.1) is 6.92 Å². The number of piperidine rings is 1. The van der Waals surface area contributed by atoms with E-state index in [1.54, 1.807) is 41.3 Å². The Morgan fingerprint density at radius 1 is 1.03 bits per heavy atom. The van der Waals surface area contributed by atoms with Crippen LogP contribution in [0.2, 0.25) is 5.02 Å². The molecule has 10 heteroatoms. The van der Waals surface area contributed by atoms with Crippen molar-refractivity contribution in [2.45, 2.75) is 50.6 Å². The van der Waals surface area contributed by atoms with Crippen LogP contribution in [-0.4, -0.2) is 66.6 Å². The summed E-state index contributed by atoms with van der Waals surface area (Å²) in [6.45, 7) is 5.20. The molecule has 0 atom stereocenters. The summed E-state index contributed by atoms with van der Waals surface area (Å²) in [5, 5.41) is 2.49. The summed E-state index contributed by atoms with van der Waals surface area (Å²) in [4.78, 5) is 31.2. The maximum absolute atomic E-state index is 13.8. The zero-order chi connectivity index (χ0) is 28.0. The Balaban J connectivity index is 1.54. The molecule has 0 unspecified atom stereocenters. The SMILES string of the molecule is CCCN(CC(=O)N(Cc1ccc(Cl)cc1)C1CCN(C(=O)c2cccs2)CC1)S(=O)(=O)c1ccc(C)cc1. The Morgan fingerprint density at radius 2 is 1.69 bits per heavy atom. The van der Waals surface area contributed by atoms with Crippen LogP contribution in [0.4, 0.5) is 0 Å². The number of hydrogen-bond acceptors (Lipinski definition) is 5. The molecule has 1 fully saturated rings. The Hall–Kier alpha value is -2.72. The first-order valence-corrected chi connectivity index (χ1v) is 15.8. The van der Waals surface area contributed by atoms with Crippen molar-refractivity contribution in [3.8, 4) is 0 Å². The third-order valence-corrected chi connectivity index (χ3v) is 9.92. The summed E-state index contributed by atoms with van der Waals surface area (Å²) in [6.07, 6.45) is 1.82. The van der Waals surface area contributed by atoms with Crippen molar-refractivity contribution in [1.82, 2.24) is 14.1 Å². The number of carbonyl (C=O) groups excluding carboxylic acids is 2. The average Bonchev–Trinajstić information content (AvgIpc) is 3.47. The monoisotopic (exact) mass is 587 g/mol. The second kappa shape index (κ2) is 13.1. The molecule has 39 heavy (non-hydrogen) atoms. The van der Waals surface area contributed by atoms with E-state index in [0.717, 1.165) is 11.1 Å². The molecule has 208 valence electrons. The molecule has 2 aromatic carbocycles. The van der Waals surface area contributed by atoms with Gasteiger partial charge in [-0.15, -0.1) is 11.3 Å². The number of benzene rings is 2. The molecule has 2 heterocycles. The van der Waals surface area contributed by atoms with Crippen LogP contribution < -0.4 is 0 Å². The standard InChI is InChI=1S/C29H34ClN3O4S2/c1-3-16-32(39(36,37)26-12-6-22(2)7-13-26)21-28(34)33(20-23-8-10-24(30)11-9-23)25-14-17-31(18-15-25)29(35)27-5-4-19-38-27/h4-13,19,25H,3,14-18,20-21H2,1-2H3. The number of likely N-dealkylation sites (tertiary alicyclic amines) is 1.